The Kier molecular flexibility index (Phi) is 7.65. The lowest BCUT2D eigenvalue weighted by Crippen LogP contribution is -2.51. The van der Waals surface area contributed by atoms with Crippen LogP contribution in [0, 0.1) is 5.41 Å². The van der Waals surface area contributed by atoms with Crippen LogP contribution in [0.3, 0.4) is 0 Å². The van der Waals surface area contributed by atoms with E-state index in [1.54, 1.807) is 0 Å². The number of aromatic amines is 1. The minimum atomic E-state index is 0. The van der Waals surface area contributed by atoms with Crippen LogP contribution < -0.4 is 10.6 Å². The molecule has 164 valence electrons. The average Bonchev–Trinajstić information content (AvgIpc) is 3.30. The zero-order valence-corrected chi connectivity index (χ0v) is 20.4. The maximum atomic E-state index is 11.8. The zero-order valence-electron chi connectivity index (χ0n) is 18.1. The van der Waals surface area contributed by atoms with Gasteiger partial charge in [-0.05, 0) is 43.7 Å². The summed E-state index contributed by atoms with van der Waals surface area (Å²) in [4.78, 5) is 22.6. The third kappa shape index (κ3) is 4.76. The number of aryl methyl sites for hydroxylation is 1. The molecule has 2 aliphatic rings. The lowest BCUT2D eigenvalue weighted by Gasteiger charge is -2.40. The molecule has 0 radical (unpaired) electrons. The number of guanidine groups is 1. The van der Waals surface area contributed by atoms with Crippen molar-refractivity contribution in [3.63, 3.8) is 0 Å². The molecule has 3 heterocycles. The first kappa shape index (κ1) is 22.9. The second kappa shape index (κ2) is 10.0. The van der Waals surface area contributed by atoms with Crippen LogP contribution >= 0.6 is 24.0 Å². The van der Waals surface area contributed by atoms with E-state index in [0.29, 0.717) is 6.42 Å². The number of carbonyl (C=O) groups excluding carboxylic acids is 1. The van der Waals surface area contributed by atoms with Crippen LogP contribution in [0.25, 0.3) is 10.9 Å². The van der Waals surface area contributed by atoms with Crippen molar-refractivity contribution < 1.29 is 4.79 Å². The normalized spacial score (nSPS) is 21.7. The van der Waals surface area contributed by atoms with Crippen LogP contribution in [0.15, 0.2) is 29.4 Å². The highest BCUT2D eigenvalue weighted by Gasteiger charge is 2.42. The quantitative estimate of drug-likeness (QED) is 0.320. The van der Waals surface area contributed by atoms with Gasteiger partial charge in [-0.25, -0.2) is 0 Å². The molecule has 1 aromatic carbocycles. The number of amides is 1. The number of hydrogen-bond acceptors (Lipinski definition) is 2. The van der Waals surface area contributed by atoms with E-state index in [2.05, 4.69) is 58.8 Å². The van der Waals surface area contributed by atoms with Gasteiger partial charge in [0.15, 0.2) is 5.96 Å². The molecular formula is C23H34IN5O. The third-order valence-electron chi connectivity index (χ3n) is 6.40. The van der Waals surface area contributed by atoms with Crippen molar-refractivity contribution in [1.29, 1.82) is 0 Å². The van der Waals surface area contributed by atoms with Crippen molar-refractivity contribution in [3.8, 4) is 0 Å². The predicted molar refractivity (Wildman–Crippen MR) is 134 cm³/mol. The number of carbonyl (C=O) groups is 1. The third-order valence-corrected chi connectivity index (χ3v) is 6.40. The Bertz CT molecular complexity index is 908. The Morgan fingerprint density at radius 3 is 2.90 bits per heavy atom. The van der Waals surface area contributed by atoms with Crippen molar-refractivity contribution in [2.75, 3.05) is 32.7 Å². The molecule has 2 aromatic rings. The fraction of sp³-hybridized carbons (Fsp3) is 0.565. The summed E-state index contributed by atoms with van der Waals surface area (Å²) >= 11 is 0. The molecule has 2 fully saturated rings. The largest absolute Gasteiger partial charge is 0.361 e. The fourth-order valence-corrected chi connectivity index (χ4v) is 4.91. The number of halogens is 1. The minimum absolute atomic E-state index is 0. The van der Waals surface area contributed by atoms with Crippen molar-refractivity contribution in [3.05, 3.63) is 35.5 Å². The maximum Gasteiger partial charge on any atom is 0.220 e. The van der Waals surface area contributed by atoms with Gasteiger partial charge in [0.25, 0.3) is 0 Å². The number of piperidine rings is 1. The van der Waals surface area contributed by atoms with Gasteiger partial charge in [-0.1, -0.05) is 25.1 Å². The maximum absolute atomic E-state index is 11.8. The van der Waals surface area contributed by atoms with Gasteiger partial charge in [0.2, 0.25) is 5.91 Å². The number of rotatable bonds is 5. The van der Waals surface area contributed by atoms with Gasteiger partial charge < -0.3 is 20.5 Å². The highest BCUT2D eigenvalue weighted by atomic mass is 127. The molecule has 0 aliphatic carbocycles. The van der Waals surface area contributed by atoms with E-state index in [-0.39, 0.29) is 35.3 Å². The first-order chi connectivity index (χ1) is 14.1. The molecule has 0 bridgehead atoms. The van der Waals surface area contributed by atoms with Crippen molar-refractivity contribution >= 4 is 46.7 Å². The summed E-state index contributed by atoms with van der Waals surface area (Å²) in [5, 5.41) is 7.82. The standard InChI is InChI=1S/C23H33N5O.HI/c1-3-17-7-5-8-19-18(14-26-21(17)19)9-11-25-22(24-4-2)28-12-6-10-23(16-28)13-20(29)27-15-23;/h5,7-8,14,26H,3-4,6,9-13,15-16H2,1-2H3,(H,24,25)(H,27,29);1H. The zero-order chi connectivity index (χ0) is 20.3. The lowest BCUT2D eigenvalue weighted by molar-refractivity contribution is -0.119. The summed E-state index contributed by atoms with van der Waals surface area (Å²) in [7, 11) is 0. The Balaban J connectivity index is 0.00000256. The topological polar surface area (TPSA) is 72.5 Å². The number of hydrogen-bond donors (Lipinski definition) is 3. The molecule has 1 unspecified atom stereocenters. The van der Waals surface area contributed by atoms with Crippen LogP contribution in [0.2, 0.25) is 0 Å². The van der Waals surface area contributed by atoms with E-state index in [1.807, 2.05) is 0 Å². The Labute approximate surface area is 196 Å². The predicted octanol–water partition coefficient (Wildman–Crippen LogP) is 3.46. The van der Waals surface area contributed by atoms with Gasteiger partial charge in [0, 0.05) is 61.7 Å². The molecule has 7 heteroatoms. The first-order valence-electron chi connectivity index (χ1n) is 11.0. The molecule has 1 aromatic heterocycles. The van der Waals surface area contributed by atoms with Gasteiger partial charge in [-0.3, -0.25) is 9.79 Å². The summed E-state index contributed by atoms with van der Waals surface area (Å²) in [5.74, 6) is 1.18. The monoisotopic (exact) mass is 523 g/mol. The molecule has 4 rings (SSSR count). The van der Waals surface area contributed by atoms with Crippen LogP contribution in [0.5, 0.6) is 0 Å². The molecule has 2 aliphatic heterocycles. The van der Waals surface area contributed by atoms with E-state index in [4.69, 9.17) is 4.99 Å². The number of aromatic nitrogens is 1. The molecule has 3 N–H and O–H groups in total. The summed E-state index contributed by atoms with van der Waals surface area (Å²) in [5.41, 5.74) is 4.04. The fourth-order valence-electron chi connectivity index (χ4n) is 4.91. The summed E-state index contributed by atoms with van der Waals surface area (Å²) in [6, 6.07) is 6.54. The summed E-state index contributed by atoms with van der Waals surface area (Å²) in [6.07, 6.45) is 6.98. The Hall–Kier alpha value is -1.77. The Morgan fingerprint density at radius 2 is 2.17 bits per heavy atom. The average molecular weight is 523 g/mol. The number of fused-ring (bicyclic) bond motifs is 1. The first-order valence-corrected chi connectivity index (χ1v) is 11.0. The smallest absolute Gasteiger partial charge is 0.220 e. The van der Waals surface area contributed by atoms with E-state index in [0.717, 1.165) is 64.4 Å². The lowest BCUT2D eigenvalue weighted by atomic mass is 9.79. The van der Waals surface area contributed by atoms with Gasteiger partial charge in [0.1, 0.15) is 0 Å². The molecule has 1 atom stereocenters. The van der Waals surface area contributed by atoms with E-state index in [9.17, 15) is 4.79 Å². The molecule has 1 spiro atoms. The van der Waals surface area contributed by atoms with Crippen molar-refractivity contribution in [2.24, 2.45) is 10.4 Å². The van der Waals surface area contributed by atoms with Crippen LogP contribution in [0.1, 0.15) is 44.2 Å². The molecule has 30 heavy (non-hydrogen) atoms. The van der Waals surface area contributed by atoms with Gasteiger partial charge in [-0.15, -0.1) is 24.0 Å². The number of likely N-dealkylation sites (tertiary alicyclic amines) is 1. The SMILES string of the molecule is CCNC(=NCCc1c[nH]c2c(CC)cccc12)N1CCCC2(CNC(=O)C2)C1.I. The van der Waals surface area contributed by atoms with Crippen LogP contribution in [-0.2, 0) is 17.6 Å². The highest BCUT2D eigenvalue weighted by Crippen LogP contribution is 2.36. The Morgan fingerprint density at radius 1 is 1.30 bits per heavy atom. The number of H-pyrrole nitrogens is 1. The van der Waals surface area contributed by atoms with Gasteiger partial charge in [0.05, 0.1) is 0 Å². The second-order valence-electron chi connectivity index (χ2n) is 8.47. The number of para-hydroxylation sites is 1. The molecule has 0 saturated carbocycles. The number of nitrogens with one attached hydrogen (secondary N) is 3. The number of nitrogens with zero attached hydrogens (tertiary/aromatic N) is 2. The minimum Gasteiger partial charge on any atom is -0.361 e. The van der Waals surface area contributed by atoms with Gasteiger partial charge >= 0.3 is 0 Å². The van der Waals surface area contributed by atoms with E-state index >= 15 is 0 Å². The molecular weight excluding hydrogens is 489 g/mol. The van der Waals surface area contributed by atoms with Crippen molar-refractivity contribution in [2.45, 2.75) is 46.0 Å². The van der Waals surface area contributed by atoms with Crippen LogP contribution in [0.4, 0.5) is 0 Å². The summed E-state index contributed by atoms with van der Waals surface area (Å²) in [6.45, 7) is 8.64. The summed E-state index contributed by atoms with van der Waals surface area (Å²) < 4.78 is 0. The molecule has 2 saturated heterocycles. The van der Waals surface area contributed by atoms with E-state index < -0.39 is 0 Å². The van der Waals surface area contributed by atoms with Gasteiger partial charge in [-0.2, -0.15) is 0 Å². The molecule has 1 amide bonds. The van der Waals surface area contributed by atoms with Crippen LogP contribution in [-0.4, -0.2) is 54.5 Å². The molecule has 6 nitrogen and oxygen atoms in total. The highest BCUT2D eigenvalue weighted by molar-refractivity contribution is 14.0. The second-order valence-corrected chi connectivity index (χ2v) is 8.47. The number of benzene rings is 1. The number of aliphatic imine (C=N–C) groups is 1. The van der Waals surface area contributed by atoms with Crippen molar-refractivity contribution in [1.82, 2.24) is 20.5 Å². The van der Waals surface area contributed by atoms with E-state index in [1.165, 1.54) is 22.0 Å².